The van der Waals surface area contributed by atoms with Gasteiger partial charge in [0.2, 0.25) is 0 Å². The van der Waals surface area contributed by atoms with E-state index in [1.54, 1.807) is 6.92 Å². The molecular weight excluding hydrogens is 220 g/mol. The van der Waals surface area contributed by atoms with Gasteiger partial charge in [0, 0.05) is 13.1 Å². The summed E-state index contributed by atoms with van der Waals surface area (Å²) in [6.45, 7) is 3.72. The molecule has 0 saturated heterocycles. The number of aliphatic carboxylic acids is 1. The molecule has 0 heterocycles. The van der Waals surface area contributed by atoms with Gasteiger partial charge in [0.15, 0.2) is 0 Å². The number of nitrogens with one attached hydrogen (secondary N) is 1. The van der Waals surface area contributed by atoms with Crippen LogP contribution in [0.4, 0.5) is 4.79 Å². The number of carboxylic acid groups (broad SMARTS) is 1. The van der Waals surface area contributed by atoms with Crippen LogP contribution in [0.3, 0.4) is 0 Å². The Morgan fingerprint density at radius 1 is 1.47 bits per heavy atom. The molecule has 0 aromatic heterocycles. The Bertz CT molecular complexity index is 289. The first-order valence-corrected chi connectivity index (χ1v) is 6.21. The summed E-state index contributed by atoms with van der Waals surface area (Å²) < 4.78 is 0. The normalized spacial score (nSPS) is 18.3. The van der Waals surface area contributed by atoms with Crippen LogP contribution in [0.2, 0.25) is 0 Å². The zero-order valence-corrected chi connectivity index (χ0v) is 10.8. The molecule has 0 radical (unpaired) electrons. The Kier molecular flexibility index (Phi) is 4.78. The van der Waals surface area contributed by atoms with Crippen molar-refractivity contribution in [2.45, 2.75) is 51.6 Å². The van der Waals surface area contributed by atoms with Crippen LogP contribution < -0.4 is 5.32 Å². The maximum Gasteiger partial charge on any atom is 0.326 e. The third kappa shape index (κ3) is 4.24. The van der Waals surface area contributed by atoms with Crippen LogP contribution in [0.25, 0.3) is 0 Å². The minimum absolute atomic E-state index is 0.115. The van der Waals surface area contributed by atoms with E-state index < -0.39 is 12.0 Å². The molecule has 1 aliphatic carbocycles. The molecule has 1 fully saturated rings. The van der Waals surface area contributed by atoms with E-state index in [9.17, 15) is 9.59 Å². The number of hydrogen-bond acceptors (Lipinski definition) is 2. The molecule has 98 valence electrons. The number of urea groups is 1. The fourth-order valence-corrected chi connectivity index (χ4v) is 1.98. The molecule has 5 nitrogen and oxygen atoms in total. The average molecular weight is 242 g/mol. The van der Waals surface area contributed by atoms with Crippen LogP contribution in [0.1, 0.15) is 39.5 Å². The summed E-state index contributed by atoms with van der Waals surface area (Å²) in [5.74, 6) is -0.211. The molecular formula is C12H22N2O3. The van der Waals surface area contributed by atoms with Crippen LogP contribution in [0, 0.1) is 5.92 Å². The van der Waals surface area contributed by atoms with E-state index in [1.807, 2.05) is 6.92 Å². The molecule has 0 spiro atoms. The number of carbonyl (C=O) groups excluding carboxylic acids is 1. The fourth-order valence-electron chi connectivity index (χ4n) is 1.98. The molecule has 1 aliphatic rings. The molecule has 0 aromatic rings. The lowest BCUT2D eigenvalue weighted by molar-refractivity contribution is -0.141. The maximum absolute atomic E-state index is 11.8. The number of rotatable bonds is 6. The van der Waals surface area contributed by atoms with E-state index in [1.165, 1.54) is 24.8 Å². The SMILES string of the molecule is CCC(C(=O)O)N(C)C(=O)NC(C)CC1CC1. The van der Waals surface area contributed by atoms with Crippen molar-refractivity contribution >= 4 is 12.0 Å². The monoisotopic (exact) mass is 242 g/mol. The van der Waals surface area contributed by atoms with Crippen LogP contribution in [-0.4, -0.2) is 41.1 Å². The molecule has 2 N–H and O–H groups in total. The van der Waals surface area contributed by atoms with Gasteiger partial charge < -0.3 is 15.3 Å². The fraction of sp³-hybridized carbons (Fsp3) is 0.833. The first-order valence-electron chi connectivity index (χ1n) is 6.21. The Morgan fingerprint density at radius 3 is 2.47 bits per heavy atom. The number of nitrogens with zero attached hydrogens (tertiary/aromatic N) is 1. The summed E-state index contributed by atoms with van der Waals surface area (Å²) >= 11 is 0. The van der Waals surface area contributed by atoms with Gasteiger partial charge in [-0.15, -0.1) is 0 Å². The lowest BCUT2D eigenvalue weighted by Gasteiger charge is -2.26. The average Bonchev–Trinajstić information content (AvgIpc) is 3.01. The Morgan fingerprint density at radius 2 is 2.06 bits per heavy atom. The van der Waals surface area contributed by atoms with Gasteiger partial charge in [0.25, 0.3) is 0 Å². The van der Waals surface area contributed by atoms with Gasteiger partial charge in [-0.25, -0.2) is 9.59 Å². The van der Waals surface area contributed by atoms with E-state index in [4.69, 9.17) is 5.11 Å². The molecule has 2 unspecified atom stereocenters. The molecule has 5 heteroatoms. The second kappa shape index (κ2) is 5.89. The summed E-state index contributed by atoms with van der Waals surface area (Å²) in [7, 11) is 1.53. The minimum atomic E-state index is -0.958. The highest BCUT2D eigenvalue weighted by atomic mass is 16.4. The number of amides is 2. The topological polar surface area (TPSA) is 69.6 Å². The van der Waals surface area contributed by atoms with Gasteiger partial charge in [-0.3, -0.25) is 0 Å². The van der Waals surface area contributed by atoms with Crippen LogP contribution >= 0.6 is 0 Å². The van der Waals surface area contributed by atoms with Gasteiger partial charge >= 0.3 is 12.0 Å². The van der Waals surface area contributed by atoms with E-state index >= 15 is 0 Å². The van der Waals surface area contributed by atoms with Gasteiger partial charge in [0.05, 0.1) is 0 Å². The molecule has 2 amide bonds. The Balaban J connectivity index is 2.41. The van der Waals surface area contributed by atoms with Gasteiger partial charge in [-0.05, 0) is 25.7 Å². The largest absolute Gasteiger partial charge is 0.480 e. The Hall–Kier alpha value is -1.26. The summed E-state index contributed by atoms with van der Waals surface area (Å²) in [6.07, 6.45) is 3.91. The summed E-state index contributed by atoms with van der Waals surface area (Å²) in [4.78, 5) is 24.0. The van der Waals surface area contributed by atoms with Crippen LogP contribution in [-0.2, 0) is 4.79 Å². The second-order valence-corrected chi connectivity index (χ2v) is 4.90. The first kappa shape index (κ1) is 13.8. The van der Waals surface area contributed by atoms with Crippen molar-refractivity contribution in [2.75, 3.05) is 7.05 Å². The molecule has 1 saturated carbocycles. The number of carbonyl (C=O) groups is 2. The lowest BCUT2D eigenvalue weighted by atomic mass is 10.1. The summed E-state index contributed by atoms with van der Waals surface area (Å²) in [5.41, 5.74) is 0. The lowest BCUT2D eigenvalue weighted by Crippen LogP contribution is -2.49. The standard InChI is InChI=1S/C12H22N2O3/c1-4-10(11(15)16)14(3)12(17)13-8(2)7-9-5-6-9/h8-10H,4-7H2,1-3H3,(H,13,17)(H,15,16). The Labute approximate surface area is 102 Å². The maximum atomic E-state index is 11.8. The number of carboxylic acids is 1. The van der Waals surface area contributed by atoms with Crippen molar-refractivity contribution in [2.24, 2.45) is 5.92 Å². The predicted octanol–water partition coefficient (Wildman–Crippen LogP) is 1.68. The highest BCUT2D eigenvalue weighted by molar-refractivity contribution is 5.82. The van der Waals surface area contributed by atoms with Crippen LogP contribution in [0.15, 0.2) is 0 Å². The highest BCUT2D eigenvalue weighted by Crippen LogP contribution is 2.33. The smallest absolute Gasteiger partial charge is 0.326 e. The van der Waals surface area contributed by atoms with E-state index in [0.29, 0.717) is 6.42 Å². The van der Waals surface area contributed by atoms with Gasteiger partial charge in [-0.2, -0.15) is 0 Å². The van der Waals surface area contributed by atoms with Gasteiger partial charge in [-0.1, -0.05) is 19.8 Å². The van der Waals surface area contributed by atoms with Crippen molar-refractivity contribution in [3.63, 3.8) is 0 Å². The number of likely N-dealkylation sites (N-methyl/N-ethyl adjacent to an activating group) is 1. The molecule has 0 aromatic carbocycles. The van der Waals surface area contributed by atoms with Crippen molar-refractivity contribution in [1.29, 1.82) is 0 Å². The molecule has 17 heavy (non-hydrogen) atoms. The summed E-state index contributed by atoms with van der Waals surface area (Å²) in [5, 5.41) is 11.8. The van der Waals surface area contributed by atoms with E-state index in [0.717, 1.165) is 12.3 Å². The third-order valence-corrected chi connectivity index (χ3v) is 3.21. The van der Waals surface area contributed by atoms with Crippen molar-refractivity contribution in [3.05, 3.63) is 0 Å². The van der Waals surface area contributed by atoms with E-state index in [-0.39, 0.29) is 12.1 Å². The second-order valence-electron chi connectivity index (χ2n) is 4.90. The first-order chi connectivity index (χ1) is 7.95. The zero-order chi connectivity index (χ0) is 13.0. The van der Waals surface area contributed by atoms with Crippen molar-refractivity contribution < 1.29 is 14.7 Å². The molecule has 2 atom stereocenters. The van der Waals surface area contributed by atoms with Gasteiger partial charge in [0.1, 0.15) is 6.04 Å². The number of hydrogen-bond donors (Lipinski definition) is 2. The zero-order valence-electron chi connectivity index (χ0n) is 10.8. The molecule has 0 bridgehead atoms. The van der Waals surface area contributed by atoms with Crippen LogP contribution in [0.5, 0.6) is 0 Å². The molecule has 0 aliphatic heterocycles. The summed E-state index contributed by atoms with van der Waals surface area (Å²) in [6, 6.07) is -0.931. The van der Waals surface area contributed by atoms with Crippen molar-refractivity contribution in [3.8, 4) is 0 Å². The highest BCUT2D eigenvalue weighted by Gasteiger charge is 2.27. The van der Waals surface area contributed by atoms with E-state index in [2.05, 4.69) is 5.32 Å². The third-order valence-electron chi connectivity index (χ3n) is 3.21. The van der Waals surface area contributed by atoms with Crippen molar-refractivity contribution in [1.82, 2.24) is 10.2 Å². The predicted molar refractivity (Wildman–Crippen MR) is 64.8 cm³/mol. The molecule has 1 rings (SSSR count). The minimum Gasteiger partial charge on any atom is -0.480 e. The quantitative estimate of drug-likeness (QED) is 0.744.